The van der Waals surface area contributed by atoms with Gasteiger partial charge in [-0.2, -0.15) is 5.26 Å². The van der Waals surface area contributed by atoms with E-state index in [2.05, 4.69) is 16.3 Å². The molecule has 1 saturated heterocycles. The lowest BCUT2D eigenvalue weighted by atomic mass is 9.90. The fourth-order valence-electron chi connectivity index (χ4n) is 2.60. The zero-order valence-corrected chi connectivity index (χ0v) is 11.2. The molecule has 0 spiro atoms. The smallest absolute Gasteiger partial charge is 0.303 e. The summed E-state index contributed by atoms with van der Waals surface area (Å²) in [5, 5.41) is 29.7. The van der Waals surface area contributed by atoms with Gasteiger partial charge in [0.2, 0.25) is 0 Å². The summed E-state index contributed by atoms with van der Waals surface area (Å²) in [7, 11) is 0. The van der Waals surface area contributed by atoms with E-state index >= 15 is 0 Å². The number of aliphatic hydroxyl groups excluding tert-OH is 1. The molecule has 0 radical (unpaired) electrons. The summed E-state index contributed by atoms with van der Waals surface area (Å²) in [6.45, 7) is 2.95. The highest BCUT2D eigenvalue weighted by atomic mass is 16.4. The molecule has 1 fully saturated rings. The molecule has 6 heteroatoms. The molecule has 19 heavy (non-hydrogen) atoms. The van der Waals surface area contributed by atoms with Crippen LogP contribution in [0.4, 0.5) is 0 Å². The normalized spacial score (nSPS) is 24.0. The second-order valence-corrected chi connectivity index (χ2v) is 5.11. The summed E-state index contributed by atoms with van der Waals surface area (Å²) >= 11 is 0. The Labute approximate surface area is 114 Å². The molecule has 0 aromatic heterocycles. The van der Waals surface area contributed by atoms with Crippen LogP contribution in [-0.2, 0) is 4.79 Å². The minimum Gasteiger partial charge on any atom is -0.481 e. The maximum atomic E-state index is 10.6. The topological polar surface area (TPSA) is 96.6 Å². The monoisotopic (exact) mass is 269 g/mol. The van der Waals surface area contributed by atoms with Crippen molar-refractivity contribution in [2.75, 3.05) is 32.8 Å². The number of nitriles is 1. The van der Waals surface area contributed by atoms with Gasteiger partial charge in [-0.25, -0.2) is 0 Å². The van der Waals surface area contributed by atoms with E-state index in [4.69, 9.17) is 15.5 Å². The lowest BCUT2D eigenvalue weighted by molar-refractivity contribution is -0.137. The van der Waals surface area contributed by atoms with E-state index in [1.54, 1.807) is 0 Å². The number of piperidine rings is 1. The summed E-state index contributed by atoms with van der Waals surface area (Å²) < 4.78 is 0. The van der Waals surface area contributed by atoms with Crippen LogP contribution in [0.5, 0.6) is 0 Å². The van der Waals surface area contributed by atoms with E-state index in [1.807, 2.05) is 0 Å². The number of aliphatic carboxylic acids is 1. The van der Waals surface area contributed by atoms with Crippen molar-refractivity contribution in [3.8, 4) is 6.07 Å². The van der Waals surface area contributed by atoms with Crippen molar-refractivity contribution in [2.45, 2.75) is 31.7 Å². The van der Waals surface area contributed by atoms with Gasteiger partial charge in [-0.1, -0.05) is 0 Å². The summed E-state index contributed by atoms with van der Waals surface area (Å²) in [5.41, 5.74) is 0. The third-order valence-electron chi connectivity index (χ3n) is 3.44. The minimum absolute atomic E-state index is 0.171. The summed E-state index contributed by atoms with van der Waals surface area (Å²) in [6.07, 6.45) is 2.51. The van der Waals surface area contributed by atoms with Crippen LogP contribution in [0.3, 0.4) is 0 Å². The first-order valence-corrected chi connectivity index (χ1v) is 6.81. The van der Waals surface area contributed by atoms with E-state index in [0.717, 1.165) is 26.1 Å². The van der Waals surface area contributed by atoms with E-state index < -0.39 is 5.97 Å². The second-order valence-electron chi connectivity index (χ2n) is 5.11. The van der Waals surface area contributed by atoms with Gasteiger partial charge in [0, 0.05) is 32.2 Å². The van der Waals surface area contributed by atoms with E-state index in [-0.39, 0.29) is 19.1 Å². The summed E-state index contributed by atoms with van der Waals surface area (Å²) in [6, 6.07) is 2.44. The average molecular weight is 269 g/mol. The number of carboxylic acid groups (broad SMARTS) is 1. The van der Waals surface area contributed by atoms with Crippen LogP contribution in [0.1, 0.15) is 25.7 Å². The van der Waals surface area contributed by atoms with Gasteiger partial charge in [-0.05, 0) is 31.7 Å². The molecule has 0 saturated carbocycles. The predicted octanol–water partition coefficient (Wildman–Crippen LogP) is 0.0373. The van der Waals surface area contributed by atoms with Crippen LogP contribution in [0.15, 0.2) is 0 Å². The van der Waals surface area contributed by atoms with Gasteiger partial charge in [-0.15, -0.1) is 0 Å². The molecule has 0 aromatic carbocycles. The molecule has 0 amide bonds. The Morgan fingerprint density at radius 3 is 2.89 bits per heavy atom. The van der Waals surface area contributed by atoms with Crippen molar-refractivity contribution >= 4 is 5.97 Å². The van der Waals surface area contributed by atoms with Crippen LogP contribution < -0.4 is 5.32 Å². The van der Waals surface area contributed by atoms with Gasteiger partial charge >= 0.3 is 5.97 Å². The molecule has 1 aliphatic heterocycles. The SMILES string of the molecule is N#CCN1CC(CCC(=O)O)CC(NCCCO)C1. The van der Waals surface area contributed by atoms with Crippen LogP contribution in [0.2, 0.25) is 0 Å². The molecule has 1 rings (SSSR count). The van der Waals surface area contributed by atoms with Crippen molar-refractivity contribution in [1.29, 1.82) is 5.26 Å². The van der Waals surface area contributed by atoms with Crippen molar-refractivity contribution < 1.29 is 15.0 Å². The minimum atomic E-state index is -0.762. The van der Waals surface area contributed by atoms with Crippen molar-refractivity contribution in [2.24, 2.45) is 5.92 Å². The fourth-order valence-corrected chi connectivity index (χ4v) is 2.60. The average Bonchev–Trinajstić information content (AvgIpc) is 2.37. The zero-order valence-electron chi connectivity index (χ0n) is 11.2. The Morgan fingerprint density at radius 1 is 1.47 bits per heavy atom. The molecular formula is C13H23N3O3. The lowest BCUT2D eigenvalue weighted by Gasteiger charge is -2.37. The molecule has 1 heterocycles. The molecule has 6 nitrogen and oxygen atoms in total. The number of likely N-dealkylation sites (tertiary alicyclic amines) is 1. The first-order valence-electron chi connectivity index (χ1n) is 6.81. The first-order chi connectivity index (χ1) is 9.15. The third kappa shape index (κ3) is 6.53. The number of rotatable bonds is 8. The van der Waals surface area contributed by atoms with E-state index in [0.29, 0.717) is 25.3 Å². The Morgan fingerprint density at radius 2 is 2.26 bits per heavy atom. The van der Waals surface area contributed by atoms with Gasteiger partial charge in [0.1, 0.15) is 0 Å². The highest BCUT2D eigenvalue weighted by Gasteiger charge is 2.26. The van der Waals surface area contributed by atoms with Crippen molar-refractivity contribution in [3.05, 3.63) is 0 Å². The van der Waals surface area contributed by atoms with E-state index in [1.165, 1.54) is 0 Å². The number of nitrogens with zero attached hydrogens (tertiary/aromatic N) is 2. The molecule has 0 bridgehead atoms. The number of carboxylic acids is 1. The van der Waals surface area contributed by atoms with Crippen LogP contribution in [-0.4, -0.2) is 59.9 Å². The molecular weight excluding hydrogens is 246 g/mol. The number of nitrogens with one attached hydrogen (secondary N) is 1. The predicted molar refractivity (Wildman–Crippen MR) is 70.5 cm³/mol. The Kier molecular flexibility index (Phi) is 7.41. The summed E-state index contributed by atoms with van der Waals surface area (Å²) in [4.78, 5) is 12.7. The maximum absolute atomic E-state index is 10.6. The van der Waals surface area contributed by atoms with Gasteiger partial charge in [0.05, 0.1) is 12.6 Å². The summed E-state index contributed by atoms with van der Waals surface area (Å²) in [5.74, 6) is -0.438. The van der Waals surface area contributed by atoms with Gasteiger partial charge < -0.3 is 15.5 Å². The van der Waals surface area contributed by atoms with Crippen molar-refractivity contribution in [3.63, 3.8) is 0 Å². The Bertz CT molecular complexity index is 317. The van der Waals surface area contributed by atoms with Crippen LogP contribution in [0, 0.1) is 17.2 Å². The third-order valence-corrected chi connectivity index (χ3v) is 3.44. The Balaban J connectivity index is 2.43. The zero-order chi connectivity index (χ0) is 14.1. The molecule has 0 aliphatic carbocycles. The first kappa shape index (κ1) is 15.9. The molecule has 2 unspecified atom stereocenters. The highest BCUT2D eigenvalue weighted by molar-refractivity contribution is 5.66. The molecule has 0 aromatic rings. The van der Waals surface area contributed by atoms with Gasteiger partial charge in [0.25, 0.3) is 0 Å². The van der Waals surface area contributed by atoms with Crippen LogP contribution >= 0.6 is 0 Å². The van der Waals surface area contributed by atoms with Crippen molar-refractivity contribution in [1.82, 2.24) is 10.2 Å². The number of carbonyl (C=O) groups is 1. The number of hydrogen-bond donors (Lipinski definition) is 3. The standard InChI is InChI=1S/C13H23N3O3/c14-4-6-16-9-11(2-3-13(18)19)8-12(10-16)15-5-1-7-17/h11-12,15,17H,1-3,5-10H2,(H,18,19). The van der Waals surface area contributed by atoms with Gasteiger partial charge in [0.15, 0.2) is 0 Å². The largest absolute Gasteiger partial charge is 0.481 e. The van der Waals surface area contributed by atoms with Gasteiger partial charge in [-0.3, -0.25) is 9.69 Å². The fraction of sp³-hybridized carbons (Fsp3) is 0.846. The Hall–Kier alpha value is -1.16. The lowest BCUT2D eigenvalue weighted by Crippen LogP contribution is -2.49. The molecule has 1 aliphatic rings. The van der Waals surface area contributed by atoms with E-state index in [9.17, 15) is 4.79 Å². The highest BCUT2D eigenvalue weighted by Crippen LogP contribution is 2.21. The number of hydrogen-bond acceptors (Lipinski definition) is 5. The quantitative estimate of drug-likeness (QED) is 0.425. The number of aliphatic hydroxyl groups is 1. The van der Waals surface area contributed by atoms with Crippen LogP contribution in [0.25, 0.3) is 0 Å². The molecule has 2 atom stereocenters. The molecule has 3 N–H and O–H groups in total. The molecule has 108 valence electrons. The second kappa shape index (κ2) is 8.86. The maximum Gasteiger partial charge on any atom is 0.303 e.